The molecule has 0 bridgehead atoms. The molecule has 0 radical (unpaired) electrons. The van der Waals surface area contributed by atoms with Gasteiger partial charge >= 0.3 is 0 Å². The molecule has 10 heteroatoms. The van der Waals surface area contributed by atoms with E-state index >= 15 is 0 Å². The van der Waals surface area contributed by atoms with E-state index in [1.807, 2.05) is 6.92 Å². The molecular formula is C18H19BrN2O5S2. The molecule has 0 saturated carbocycles. The molecule has 0 spiro atoms. The van der Waals surface area contributed by atoms with Gasteiger partial charge in [-0.1, -0.05) is 15.9 Å². The number of nitrogens with zero attached hydrogens (tertiary/aromatic N) is 1. The minimum atomic E-state index is -3.87. The second-order valence-electron chi connectivity index (χ2n) is 7.27. The van der Waals surface area contributed by atoms with Crippen LogP contribution < -0.4 is 9.03 Å². The van der Waals surface area contributed by atoms with Crippen LogP contribution in [0.1, 0.15) is 19.4 Å². The summed E-state index contributed by atoms with van der Waals surface area (Å²) in [5.74, 6) is -0.824. The van der Waals surface area contributed by atoms with Crippen molar-refractivity contribution in [3.8, 4) is 0 Å². The van der Waals surface area contributed by atoms with Gasteiger partial charge in [0.1, 0.15) is 0 Å². The summed E-state index contributed by atoms with van der Waals surface area (Å²) in [5.41, 5.74) is 0.374. The quantitative estimate of drug-likeness (QED) is 0.714. The predicted octanol–water partition coefficient (Wildman–Crippen LogP) is 3.26. The summed E-state index contributed by atoms with van der Waals surface area (Å²) in [6, 6.07) is 10.2. The smallest absolute Gasteiger partial charge is 0.261 e. The average molecular weight is 487 g/mol. The van der Waals surface area contributed by atoms with Crippen LogP contribution in [0.4, 0.5) is 11.4 Å². The minimum absolute atomic E-state index is 0.0416. The maximum absolute atomic E-state index is 12.6. The summed E-state index contributed by atoms with van der Waals surface area (Å²) in [5, 5.41) is 0. The maximum Gasteiger partial charge on any atom is 0.261 e. The van der Waals surface area contributed by atoms with E-state index in [-0.39, 0.29) is 16.3 Å². The van der Waals surface area contributed by atoms with Crippen LogP contribution >= 0.6 is 15.9 Å². The third-order valence-electron chi connectivity index (χ3n) is 4.38. The third-order valence-corrected chi connectivity index (χ3v) is 8.68. The van der Waals surface area contributed by atoms with Crippen LogP contribution in [0, 0.1) is 12.3 Å². The van der Waals surface area contributed by atoms with E-state index in [9.17, 15) is 21.6 Å². The Morgan fingerprint density at radius 1 is 1.11 bits per heavy atom. The number of nitrogens with one attached hydrogen (secondary N) is 1. The highest BCUT2D eigenvalue weighted by Crippen LogP contribution is 2.36. The van der Waals surface area contributed by atoms with Gasteiger partial charge < -0.3 is 0 Å². The molecule has 1 aliphatic rings. The zero-order valence-electron chi connectivity index (χ0n) is 15.4. The molecule has 0 unspecified atom stereocenters. The fraction of sp³-hybridized carbons (Fsp3) is 0.278. The molecule has 150 valence electrons. The molecule has 0 aromatic heterocycles. The lowest BCUT2D eigenvalue weighted by Crippen LogP contribution is -2.32. The van der Waals surface area contributed by atoms with Gasteiger partial charge in [0.05, 0.1) is 21.8 Å². The van der Waals surface area contributed by atoms with Crippen LogP contribution in [0.2, 0.25) is 0 Å². The zero-order valence-corrected chi connectivity index (χ0v) is 18.7. The van der Waals surface area contributed by atoms with Gasteiger partial charge in [0.2, 0.25) is 15.9 Å². The monoisotopic (exact) mass is 486 g/mol. The van der Waals surface area contributed by atoms with Crippen LogP contribution in [0.15, 0.2) is 51.8 Å². The highest BCUT2D eigenvalue weighted by atomic mass is 79.9. The van der Waals surface area contributed by atoms with Crippen molar-refractivity contribution in [2.24, 2.45) is 5.41 Å². The van der Waals surface area contributed by atoms with Crippen molar-refractivity contribution >= 4 is 53.3 Å². The van der Waals surface area contributed by atoms with Crippen LogP contribution in [-0.2, 0) is 24.8 Å². The first-order valence-corrected chi connectivity index (χ1v) is 12.2. The second-order valence-corrected chi connectivity index (χ2v) is 11.6. The van der Waals surface area contributed by atoms with Crippen molar-refractivity contribution in [1.82, 2.24) is 0 Å². The fourth-order valence-electron chi connectivity index (χ4n) is 2.94. The molecule has 1 heterocycles. The van der Waals surface area contributed by atoms with E-state index in [2.05, 4.69) is 20.7 Å². The Bertz CT molecular complexity index is 1160. The molecule has 1 amide bonds. The predicted molar refractivity (Wildman–Crippen MR) is 111 cm³/mol. The second kappa shape index (κ2) is 6.85. The molecule has 2 aromatic rings. The molecule has 28 heavy (non-hydrogen) atoms. The molecule has 0 aliphatic carbocycles. The van der Waals surface area contributed by atoms with E-state index < -0.39 is 31.4 Å². The number of hydrogen-bond donors (Lipinski definition) is 1. The summed E-state index contributed by atoms with van der Waals surface area (Å²) in [6.07, 6.45) is 0. The van der Waals surface area contributed by atoms with Gasteiger partial charge in [-0.2, -0.15) is 0 Å². The van der Waals surface area contributed by atoms with E-state index in [0.29, 0.717) is 5.69 Å². The lowest BCUT2D eigenvalue weighted by molar-refractivity contribution is -0.123. The number of sulfonamides is 2. The van der Waals surface area contributed by atoms with Crippen LogP contribution in [0.5, 0.6) is 0 Å². The third kappa shape index (κ3) is 3.81. The number of benzene rings is 2. The highest BCUT2D eigenvalue weighted by Gasteiger charge is 2.49. The van der Waals surface area contributed by atoms with Gasteiger partial charge in [0.25, 0.3) is 10.0 Å². The lowest BCUT2D eigenvalue weighted by atomic mass is 9.95. The van der Waals surface area contributed by atoms with Crippen LogP contribution in [0.25, 0.3) is 0 Å². The van der Waals surface area contributed by atoms with Gasteiger partial charge in [0.15, 0.2) is 0 Å². The number of halogens is 1. The van der Waals surface area contributed by atoms with Crippen molar-refractivity contribution in [3.05, 3.63) is 52.5 Å². The van der Waals surface area contributed by atoms with Gasteiger partial charge in [-0.15, -0.1) is 0 Å². The summed E-state index contributed by atoms with van der Waals surface area (Å²) in [7, 11) is -7.65. The highest BCUT2D eigenvalue weighted by molar-refractivity contribution is 9.10. The Labute approximate surface area is 173 Å². The molecule has 1 N–H and O–H groups in total. The summed E-state index contributed by atoms with van der Waals surface area (Å²) in [6.45, 7) is 4.97. The zero-order chi connectivity index (χ0) is 20.9. The molecule has 3 rings (SSSR count). The SMILES string of the molecule is Cc1cc(NS(=O)(=O)c2ccc(N3C(=O)C(C)(C)CS3(=O)=O)cc2)ccc1Br. The summed E-state index contributed by atoms with van der Waals surface area (Å²) in [4.78, 5) is 12.4. The molecule has 1 saturated heterocycles. The number of carbonyl (C=O) groups is 1. The molecule has 2 aromatic carbocycles. The molecule has 7 nitrogen and oxygen atoms in total. The number of anilines is 2. The number of rotatable bonds is 4. The minimum Gasteiger partial charge on any atom is -0.280 e. The first-order chi connectivity index (χ1) is 12.8. The largest absolute Gasteiger partial charge is 0.280 e. The fourth-order valence-corrected chi connectivity index (χ4v) is 6.35. The van der Waals surface area contributed by atoms with Gasteiger partial charge in [-0.3, -0.25) is 9.52 Å². The van der Waals surface area contributed by atoms with Crippen molar-refractivity contribution in [2.75, 3.05) is 14.8 Å². The number of amides is 1. The standard InChI is InChI=1S/C18H19BrN2O5S2/c1-12-10-13(4-9-16(12)19)20-28(25,26)15-7-5-14(6-8-15)21-17(22)18(2,3)11-27(21,23)24/h4-10,20H,11H2,1-3H3. The van der Waals surface area contributed by atoms with Crippen molar-refractivity contribution in [1.29, 1.82) is 0 Å². The molecule has 0 atom stereocenters. The normalized spacial score (nSPS) is 18.3. The Balaban J connectivity index is 1.90. The van der Waals surface area contributed by atoms with E-state index in [1.54, 1.807) is 32.0 Å². The maximum atomic E-state index is 12.6. The van der Waals surface area contributed by atoms with E-state index in [0.717, 1.165) is 14.3 Å². The number of carbonyl (C=O) groups excluding carboxylic acids is 1. The molecule has 1 aliphatic heterocycles. The van der Waals surface area contributed by atoms with Crippen molar-refractivity contribution in [3.63, 3.8) is 0 Å². The lowest BCUT2D eigenvalue weighted by Gasteiger charge is -2.18. The average Bonchev–Trinajstić information content (AvgIpc) is 2.74. The first-order valence-electron chi connectivity index (χ1n) is 8.30. The Kier molecular flexibility index (Phi) is 5.10. The summed E-state index contributed by atoms with van der Waals surface area (Å²) < 4.78 is 54.0. The van der Waals surface area contributed by atoms with Gasteiger partial charge in [-0.05, 0) is 68.8 Å². The molecular weight excluding hydrogens is 468 g/mol. The van der Waals surface area contributed by atoms with Crippen molar-refractivity contribution < 1.29 is 21.6 Å². The molecule has 1 fully saturated rings. The van der Waals surface area contributed by atoms with Crippen LogP contribution in [-0.4, -0.2) is 28.5 Å². The number of hydrogen-bond acceptors (Lipinski definition) is 5. The summed E-state index contributed by atoms with van der Waals surface area (Å²) >= 11 is 3.36. The Morgan fingerprint density at radius 2 is 1.71 bits per heavy atom. The topological polar surface area (TPSA) is 101 Å². The van der Waals surface area contributed by atoms with Crippen LogP contribution in [0.3, 0.4) is 0 Å². The van der Waals surface area contributed by atoms with Gasteiger partial charge in [-0.25, -0.2) is 21.1 Å². The number of aryl methyl sites for hydroxylation is 1. The first kappa shape index (κ1) is 20.8. The van der Waals surface area contributed by atoms with Crippen molar-refractivity contribution in [2.45, 2.75) is 25.7 Å². The van der Waals surface area contributed by atoms with E-state index in [1.165, 1.54) is 24.3 Å². The Morgan fingerprint density at radius 3 is 2.21 bits per heavy atom. The Hall–Kier alpha value is -1.91. The van der Waals surface area contributed by atoms with E-state index in [4.69, 9.17) is 0 Å². The van der Waals surface area contributed by atoms with Gasteiger partial charge in [0, 0.05) is 10.2 Å².